The van der Waals surface area contributed by atoms with Crippen molar-refractivity contribution in [1.29, 1.82) is 0 Å². The Balaban J connectivity index is 2.14. The van der Waals surface area contributed by atoms with E-state index < -0.39 is 11.2 Å². The van der Waals surface area contributed by atoms with E-state index in [1.165, 1.54) is 6.07 Å². The van der Waals surface area contributed by atoms with Gasteiger partial charge in [0.15, 0.2) is 0 Å². The molecule has 0 aliphatic carbocycles. The van der Waals surface area contributed by atoms with Crippen molar-refractivity contribution in [3.8, 4) is 5.75 Å². The number of para-hydroxylation sites is 1. The van der Waals surface area contributed by atoms with E-state index in [-0.39, 0.29) is 5.56 Å². The third-order valence-electron chi connectivity index (χ3n) is 2.63. The number of rotatable bonds is 5. The SMILES string of the molecule is O=[N+]([O-])C(O)c1ccccc1OCc1ccccc1. The molecule has 0 amide bonds. The van der Waals surface area contributed by atoms with Gasteiger partial charge >= 0.3 is 6.23 Å². The Hall–Kier alpha value is -2.40. The number of nitro groups is 1. The monoisotopic (exact) mass is 259 g/mol. The molecule has 0 radical (unpaired) electrons. The Kier molecular flexibility index (Phi) is 4.10. The lowest BCUT2D eigenvalue weighted by atomic mass is 10.2. The van der Waals surface area contributed by atoms with Crippen LogP contribution in [-0.4, -0.2) is 10.0 Å². The highest BCUT2D eigenvalue weighted by Gasteiger charge is 2.22. The van der Waals surface area contributed by atoms with Crippen LogP contribution in [0.4, 0.5) is 0 Å². The van der Waals surface area contributed by atoms with Gasteiger partial charge in [-0.25, -0.2) is 0 Å². The van der Waals surface area contributed by atoms with E-state index in [2.05, 4.69) is 0 Å². The largest absolute Gasteiger partial charge is 0.488 e. The summed E-state index contributed by atoms with van der Waals surface area (Å²) in [6.45, 7) is 0.294. The fraction of sp³-hybridized carbons (Fsp3) is 0.143. The molecule has 2 rings (SSSR count). The van der Waals surface area contributed by atoms with Gasteiger partial charge in [-0.15, -0.1) is 0 Å². The van der Waals surface area contributed by atoms with Crippen LogP contribution < -0.4 is 4.74 Å². The molecule has 2 aromatic carbocycles. The minimum absolute atomic E-state index is 0.156. The summed E-state index contributed by atoms with van der Waals surface area (Å²) in [6.07, 6.45) is -1.77. The average molecular weight is 259 g/mol. The predicted molar refractivity (Wildman–Crippen MR) is 69.2 cm³/mol. The van der Waals surface area contributed by atoms with Gasteiger partial charge in [0.2, 0.25) is 0 Å². The molecular formula is C14H13NO4. The molecule has 1 atom stereocenters. The molecule has 1 N–H and O–H groups in total. The summed E-state index contributed by atoms with van der Waals surface area (Å²) in [7, 11) is 0. The van der Waals surface area contributed by atoms with Crippen LogP contribution in [0.2, 0.25) is 0 Å². The molecule has 0 aromatic heterocycles. The van der Waals surface area contributed by atoms with Crippen molar-refractivity contribution in [2.45, 2.75) is 12.8 Å². The second-order valence-electron chi connectivity index (χ2n) is 3.97. The summed E-state index contributed by atoms with van der Waals surface area (Å²) < 4.78 is 5.53. The van der Waals surface area contributed by atoms with Crippen LogP contribution in [-0.2, 0) is 6.61 Å². The van der Waals surface area contributed by atoms with E-state index in [1.54, 1.807) is 18.2 Å². The van der Waals surface area contributed by atoms with Crippen molar-refractivity contribution in [3.63, 3.8) is 0 Å². The van der Waals surface area contributed by atoms with Crippen LogP contribution in [0.3, 0.4) is 0 Å². The first kappa shape index (κ1) is 13.0. The van der Waals surface area contributed by atoms with Crippen LogP contribution >= 0.6 is 0 Å². The smallest absolute Gasteiger partial charge is 0.343 e. The molecule has 1 unspecified atom stereocenters. The molecule has 0 saturated heterocycles. The average Bonchev–Trinajstić information content (AvgIpc) is 2.45. The Bertz CT molecular complexity index is 556. The van der Waals surface area contributed by atoms with Gasteiger partial charge in [0.05, 0.1) is 10.5 Å². The summed E-state index contributed by atoms with van der Waals surface area (Å²) in [5, 5.41) is 20.1. The highest BCUT2D eigenvalue weighted by atomic mass is 16.7. The molecular weight excluding hydrogens is 246 g/mol. The van der Waals surface area contributed by atoms with Gasteiger partial charge in [-0.05, 0) is 17.7 Å². The molecule has 0 saturated carbocycles. The minimum atomic E-state index is -1.77. The van der Waals surface area contributed by atoms with Gasteiger partial charge in [0, 0.05) is 0 Å². The summed E-state index contributed by atoms with van der Waals surface area (Å²) in [5.74, 6) is 0.315. The molecule has 0 bridgehead atoms. The molecule has 0 aliphatic rings. The highest BCUT2D eigenvalue weighted by Crippen LogP contribution is 2.26. The minimum Gasteiger partial charge on any atom is -0.488 e. The molecule has 2 aromatic rings. The summed E-state index contributed by atoms with van der Waals surface area (Å²) >= 11 is 0. The summed E-state index contributed by atoms with van der Waals surface area (Å²) in [6, 6.07) is 15.9. The highest BCUT2D eigenvalue weighted by molar-refractivity contribution is 5.34. The van der Waals surface area contributed by atoms with Crippen molar-refractivity contribution in [1.82, 2.24) is 0 Å². The first-order chi connectivity index (χ1) is 9.18. The third kappa shape index (κ3) is 3.29. The molecule has 0 spiro atoms. The Labute approximate surface area is 110 Å². The van der Waals surface area contributed by atoms with Crippen LogP contribution in [0.15, 0.2) is 54.6 Å². The fourth-order valence-corrected chi connectivity index (χ4v) is 1.67. The number of aliphatic hydroxyl groups is 1. The van der Waals surface area contributed by atoms with E-state index in [9.17, 15) is 15.2 Å². The van der Waals surface area contributed by atoms with E-state index in [0.29, 0.717) is 12.4 Å². The molecule has 0 aliphatic heterocycles. The van der Waals surface area contributed by atoms with Crippen LogP contribution in [0, 0.1) is 10.1 Å². The molecule has 5 heteroatoms. The first-order valence-electron chi connectivity index (χ1n) is 5.75. The van der Waals surface area contributed by atoms with Crippen molar-refractivity contribution in [3.05, 3.63) is 75.8 Å². The van der Waals surface area contributed by atoms with Crippen molar-refractivity contribution >= 4 is 0 Å². The zero-order chi connectivity index (χ0) is 13.7. The summed E-state index contributed by atoms with van der Waals surface area (Å²) in [4.78, 5) is 9.87. The lowest BCUT2D eigenvalue weighted by Crippen LogP contribution is -2.11. The maximum atomic E-state index is 10.6. The molecule has 5 nitrogen and oxygen atoms in total. The van der Waals surface area contributed by atoms with Gasteiger partial charge in [0.1, 0.15) is 12.4 Å². The zero-order valence-corrected chi connectivity index (χ0v) is 10.1. The number of benzene rings is 2. The van der Waals surface area contributed by atoms with Gasteiger partial charge in [0.25, 0.3) is 0 Å². The molecule has 98 valence electrons. The number of nitrogens with zero attached hydrogens (tertiary/aromatic N) is 1. The van der Waals surface area contributed by atoms with Gasteiger partial charge in [-0.2, -0.15) is 0 Å². The first-order valence-corrected chi connectivity index (χ1v) is 5.75. The molecule has 0 fully saturated rings. The third-order valence-corrected chi connectivity index (χ3v) is 2.63. The molecule has 19 heavy (non-hydrogen) atoms. The van der Waals surface area contributed by atoms with Crippen LogP contribution in [0.25, 0.3) is 0 Å². The Morgan fingerprint density at radius 2 is 1.74 bits per heavy atom. The second kappa shape index (κ2) is 5.97. The normalized spacial score (nSPS) is 11.8. The second-order valence-corrected chi connectivity index (χ2v) is 3.97. The van der Waals surface area contributed by atoms with E-state index in [4.69, 9.17) is 4.74 Å². The number of hydrogen-bond acceptors (Lipinski definition) is 4. The van der Waals surface area contributed by atoms with E-state index in [1.807, 2.05) is 30.3 Å². The van der Waals surface area contributed by atoms with Gasteiger partial charge in [-0.3, -0.25) is 10.1 Å². The van der Waals surface area contributed by atoms with Gasteiger partial charge in [-0.1, -0.05) is 42.5 Å². The summed E-state index contributed by atoms with van der Waals surface area (Å²) in [5.41, 5.74) is 1.11. The van der Waals surface area contributed by atoms with Gasteiger partial charge < -0.3 is 9.84 Å². The standard InChI is InChI=1S/C14H13NO4/c16-14(15(17)18)12-8-4-5-9-13(12)19-10-11-6-2-1-3-7-11/h1-9,14,16H,10H2. The zero-order valence-electron chi connectivity index (χ0n) is 10.1. The quantitative estimate of drug-likeness (QED) is 0.508. The predicted octanol–water partition coefficient (Wildman–Crippen LogP) is 2.53. The number of hydrogen-bond donors (Lipinski definition) is 1. The number of aliphatic hydroxyl groups excluding tert-OH is 1. The van der Waals surface area contributed by atoms with Crippen molar-refractivity contribution in [2.24, 2.45) is 0 Å². The molecule has 0 heterocycles. The van der Waals surface area contributed by atoms with Crippen LogP contribution in [0.5, 0.6) is 5.75 Å². The van der Waals surface area contributed by atoms with E-state index in [0.717, 1.165) is 5.56 Å². The van der Waals surface area contributed by atoms with Crippen molar-refractivity contribution < 1.29 is 14.8 Å². The lowest BCUT2D eigenvalue weighted by Gasteiger charge is -2.11. The maximum absolute atomic E-state index is 10.6. The Morgan fingerprint density at radius 3 is 2.42 bits per heavy atom. The van der Waals surface area contributed by atoms with E-state index >= 15 is 0 Å². The number of ether oxygens (including phenoxy) is 1. The van der Waals surface area contributed by atoms with Crippen molar-refractivity contribution in [2.75, 3.05) is 0 Å². The fourth-order valence-electron chi connectivity index (χ4n) is 1.67. The Morgan fingerprint density at radius 1 is 1.11 bits per heavy atom. The topological polar surface area (TPSA) is 72.6 Å². The maximum Gasteiger partial charge on any atom is 0.343 e. The van der Waals surface area contributed by atoms with Crippen LogP contribution in [0.1, 0.15) is 17.4 Å². The lowest BCUT2D eigenvalue weighted by molar-refractivity contribution is -0.578.